The summed E-state index contributed by atoms with van der Waals surface area (Å²) in [5.74, 6) is 0.988. The Kier molecular flexibility index (Phi) is 3.27. The number of nitrogens with zero attached hydrogens (tertiary/aromatic N) is 1. The van der Waals surface area contributed by atoms with Crippen molar-refractivity contribution in [2.45, 2.75) is 18.4 Å². The van der Waals surface area contributed by atoms with Gasteiger partial charge in [0.2, 0.25) is 0 Å². The van der Waals surface area contributed by atoms with Crippen LogP contribution in [0.3, 0.4) is 0 Å². The van der Waals surface area contributed by atoms with E-state index in [4.69, 9.17) is 0 Å². The minimum Gasteiger partial charge on any atom is -0.332 e. The first-order valence-electron chi connectivity index (χ1n) is 5.30. The van der Waals surface area contributed by atoms with Crippen LogP contribution >= 0.6 is 0 Å². The van der Waals surface area contributed by atoms with Crippen molar-refractivity contribution in [2.24, 2.45) is 5.92 Å². The van der Waals surface area contributed by atoms with Crippen LogP contribution in [0, 0.1) is 12.8 Å². The second-order valence-electron chi connectivity index (χ2n) is 4.04. The number of H-pyrrole nitrogens is 1. The first-order chi connectivity index (χ1) is 7.58. The molecule has 1 aromatic rings. The Morgan fingerprint density at radius 1 is 1.62 bits per heavy atom. The summed E-state index contributed by atoms with van der Waals surface area (Å²) in [4.78, 5) is 6.59. The quantitative estimate of drug-likeness (QED) is 0.673. The van der Waals surface area contributed by atoms with Crippen LogP contribution in [0.15, 0.2) is 11.2 Å². The van der Waals surface area contributed by atoms with Gasteiger partial charge in [0.1, 0.15) is 5.82 Å². The molecule has 0 spiro atoms. The molecule has 1 saturated heterocycles. The molecule has 6 nitrogen and oxygen atoms in total. The molecule has 0 radical (unpaired) electrons. The molecule has 1 unspecified atom stereocenters. The zero-order valence-electron chi connectivity index (χ0n) is 9.16. The zero-order valence-corrected chi connectivity index (χ0v) is 9.97. The maximum absolute atomic E-state index is 11.8. The fourth-order valence-corrected chi connectivity index (χ4v) is 2.81. The Morgan fingerprint density at radius 2 is 2.44 bits per heavy atom. The lowest BCUT2D eigenvalue weighted by molar-refractivity contribution is 0.537. The molecule has 1 aromatic heterocycles. The highest BCUT2D eigenvalue weighted by molar-refractivity contribution is 7.89. The first kappa shape index (κ1) is 11.6. The van der Waals surface area contributed by atoms with Gasteiger partial charge < -0.3 is 10.3 Å². The standard InChI is InChI=1S/C9H16N4O2S/c1-7-11-6-9(13-7)16(14,15)12-5-8-2-3-10-4-8/h6,8,10,12H,2-5H2,1H3,(H,11,13). The van der Waals surface area contributed by atoms with E-state index in [1.54, 1.807) is 6.92 Å². The average molecular weight is 244 g/mol. The summed E-state index contributed by atoms with van der Waals surface area (Å²) in [6.45, 7) is 4.05. The summed E-state index contributed by atoms with van der Waals surface area (Å²) in [6, 6.07) is 0. The molecular weight excluding hydrogens is 228 g/mol. The third kappa shape index (κ3) is 2.60. The number of hydrogen-bond acceptors (Lipinski definition) is 4. The molecule has 1 aliphatic heterocycles. The van der Waals surface area contributed by atoms with Gasteiger partial charge >= 0.3 is 0 Å². The van der Waals surface area contributed by atoms with Gasteiger partial charge in [-0.15, -0.1) is 0 Å². The topological polar surface area (TPSA) is 86.9 Å². The summed E-state index contributed by atoms with van der Waals surface area (Å²) in [7, 11) is -3.42. The van der Waals surface area contributed by atoms with Crippen LogP contribution in [-0.2, 0) is 10.0 Å². The molecule has 16 heavy (non-hydrogen) atoms. The number of nitrogens with one attached hydrogen (secondary N) is 3. The van der Waals surface area contributed by atoms with E-state index in [1.807, 2.05) is 0 Å². The van der Waals surface area contributed by atoms with Crippen LogP contribution in [0.4, 0.5) is 0 Å². The van der Waals surface area contributed by atoms with Crippen molar-refractivity contribution in [3.8, 4) is 0 Å². The highest BCUT2D eigenvalue weighted by Crippen LogP contribution is 2.09. The van der Waals surface area contributed by atoms with Crippen LogP contribution in [0.5, 0.6) is 0 Å². The van der Waals surface area contributed by atoms with Gasteiger partial charge in [0, 0.05) is 6.54 Å². The Hall–Kier alpha value is -0.920. The van der Waals surface area contributed by atoms with E-state index < -0.39 is 10.0 Å². The minimum absolute atomic E-state index is 0.135. The number of aromatic amines is 1. The number of rotatable bonds is 4. The van der Waals surface area contributed by atoms with E-state index >= 15 is 0 Å². The number of aromatic nitrogens is 2. The van der Waals surface area contributed by atoms with Crippen LogP contribution in [0.1, 0.15) is 12.2 Å². The summed E-state index contributed by atoms with van der Waals surface area (Å²) in [5.41, 5.74) is 0. The van der Waals surface area contributed by atoms with Crippen molar-refractivity contribution >= 4 is 10.0 Å². The molecule has 90 valence electrons. The molecular formula is C9H16N4O2S. The summed E-state index contributed by atoms with van der Waals surface area (Å²) < 4.78 is 26.2. The molecule has 1 fully saturated rings. The van der Waals surface area contributed by atoms with E-state index in [9.17, 15) is 8.42 Å². The van der Waals surface area contributed by atoms with Crippen molar-refractivity contribution in [2.75, 3.05) is 19.6 Å². The molecule has 0 aromatic carbocycles. The van der Waals surface area contributed by atoms with Gasteiger partial charge in [-0.2, -0.15) is 0 Å². The minimum atomic E-state index is -3.42. The smallest absolute Gasteiger partial charge is 0.257 e. The fourth-order valence-electron chi connectivity index (χ4n) is 1.73. The SMILES string of the molecule is Cc1ncc(S(=O)(=O)NCC2CCNC2)[nH]1. The molecule has 0 amide bonds. The number of hydrogen-bond donors (Lipinski definition) is 3. The Labute approximate surface area is 94.9 Å². The Morgan fingerprint density at radius 3 is 3.00 bits per heavy atom. The fraction of sp³-hybridized carbons (Fsp3) is 0.667. The van der Waals surface area contributed by atoms with Gasteiger partial charge in [0.25, 0.3) is 10.0 Å². The van der Waals surface area contributed by atoms with Crippen LogP contribution in [0.25, 0.3) is 0 Å². The van der Waals surface area contributed by atoms with E-state index in [-0.39, 0.29) is 5.03 Å². The molecule has 0 aliphatic carbocycles. The van der Waals surface area contributed by atoms with Gasteiger partial charge in [-0.05, 0) is 32.4 Å². The van der Waals surface area contributed by atoms with Gasteiger partial charge in [-0.3, -0.25) is 0 Å². The van der Waals surface area contributed by atoms with E-state index in [2.05, 4.69) is 20.0 Å². The lowest BCUT2D eigenvalue weighted by Gasteiger charge is -2.09. The third-order valence-electron chi connectivity index (χ3n) is 2.69. The normalized spacial score (nSPS) is 21.4. The van der Waals surface area contributed by atoms with Crippen molar-refractivity contribution in [1.29, 1.82) is 0 Å². The average Bonchev–Trinajstić information content (AvgIpc) is 2.85. The maximum atomic E-state index is 11.8. The predicted octanol–water partition coefficient (Wildman–Crippen LogP) is -0.394. The molecule has 0 bridgehead atoms. The number of aryl methyl sites for hydroxylation is 1. The monoisotopic (exact) mass is 244 g/mol. The lowest BCUT2D eigenvalue weighted by Crippen LogP contribution is -2.30. The molecule has 1 aliphatic rings. The molecule has 7 heteroatoms. The zero-order chi connectivity index (χ0) is 11.6. The second kappa shape index (κ2) is 4.52. The number of sulfonamides is 1. The summed E-state index contributed by atoms with van der Waals surface area (Å²) >= 11 is 0. The van der Waals surface area contributed by atoms with Crippen LogP contribution in [-0.4, -0.2) is 38.0 Å². The van der Waals surface area contributed by atoms with Crippen molar-refractivity contribution in [3.05, 3.63) is 12.0 Å². The second-order valence-corrected chi connectivity index (χ2v) is 5.78. The van der Waals surface area contributed by atoms with Gasteiger partial charge in [0.15, 0.2) is 5.03 Å². The van der Waals surface area contributed by atoms with E-state index in [0.29, 0.717) is 18.3 Å². The van der Waals surface area contributed by atoms with Crippen LogP contribution in [0.2, 0.25) is 0 Å². The highest BCUT2D eigenvalue weighted by Gasteiger charge is 2.20. The van der Waals surface area contributed by atoms with Crippen molar-refractivity contribution in [1.82, 2.24) is 20.0 Å². The molecule has 1 atom stereocenters. The Balaban J connectivity index is 1.97. The van der Waals surface area contributed by atoms with Gasteiger partial charge in [-0.25, -0.2) is 18.1 Å². The molecule has 0 saturated carbocycles. The van der Waals surface area contributed by atoms with Crippen molar-refractivity contribution in [3.63, 3.8) is 0 Å². The van der Waals surface area contributed by atoms with Crippen molar-refractivity contribution < 1.29 is 8.42 Å². The molecule has 3 N–H and O–H groups in total. The largest absolute Gasteiger partial charge is 0.332 e. The van der Waals surface area contributed by atoms with Crippen LogP contribution < -0.4 is 10.0 Å². The Bertz CT molecular complexity index is 448. The van der Waals surface area contributed by atoms with E-state index in [0.717, 1.165) is 19.5 Å². The van der Waals surface area contributed by atoms with E-state index in [1.165, 1.54) is 6.20 Å². The maximum Gasteiger partial charge on any atom is 0.257 e. The summed E-state index contributed by atoms with van der Waals surface area (Å²) in [5, 5.41) is 3.33. The first-order valence-corrected chi connectivity index (χ1v) is 6.78. The molecule has 2 rings (SSSR count). The third-order valence-corrected chi connectivity index (χ3v) is 4.03. The number of imidazole rings is 1. The lowest BCUT2D eigenvalue weighted by atomic mass is 10.1. The summed E-state index contributed by atoms with van der Waals surface area (Å²) in [6.07, 6.45) is 2.36. The molecule has 2 heterocycles. The van der Waals surface area contributed by atoms with Gasteiger partial charge in [-0.1, -0.05) is 0 Å². The predicted molar refractivity (Wildman–Crippen MR) is 59.5 cm³/mol. The van der Waals surface area contributed by atoms with Gasteiger partial charge in [0.05, 0.1) is 6.20 Å². The highest BCUT2D eigenvalue weighted by atomic mass is 32.2.